The number of hydrogen-bond acceptors (Lipinski definition) is 4. The first-order chi connectivity index (χ1) is 7.16. The molecule has 5 nitrogen and oxygen atoms in total. The maximum Gasteiger partial charge on any atom is 0.241 e. The SMILES string of the molecule is C[C@@H](N)C(=O)Nc1ccc2c(c1)OCO2. The van der Waals surface area contributed by atoms with Gasteiger partial charge in [-0.05, 0) is 19.1 Å². The Labute approximate surface area is 87.2 Å². The van der Waals surface area contributed by atoms with Crippen molar-refractivity contribution in [2.75, 3.05) is 12.1 Å². The largest absolute Gasteiger partial charge is 0.454 e. The Morgan fingerprint density at radius 3 is 2.93 bits per heavy atom. The monoisotopic (exact) mass is 208 g/mol. The van der Waals surface area contributed by atoms with Crippen LogP contribution in [-0.4, -0.2) is 18.7 Å². The Bertz CT molecular complexity index is 390. The number of nitrogens with two attached hydrogens (primary N) is 1. The van der Waals surface area contributed by atoms with E-state index >= 15 is 0 Å². The van der Waals surface area contributed by atoms with Crippen LogP contribution in [0, 0.1) is 0 Å². The number of benzene rings is 1. The molecule has 1 aromatic rings. The van der Waals surface area contributed by atoms with E-state index in [1.165, 1.54) is 0 Å². The highest BCUT2D eigenvalue weighted by atomic mass is 16.7. The second kappa shape index (κ2) is 3.78. The molecule has 80 valence electrons. The summed E-state index contributed by atoms with van der Waals surface area (Å²) >= 11 is 0. The van der Waals surface area contributed by atoms with Crippen LogP contribution in [0.4, 0.5) is 5.69 Å². The number of carbonyl (C=O) groups is 1. The molecule has 0 bridgehead atoms. The number of anilines is 1. The molecule has 0 saturated carbocycles. The smallest absolute Gasteiger partial charge is 0.241 e. The minimum Gasteiger partial charge on any atom is -0.454 e. The van der Waals surface area contributed by atoms with Crippen LogP contribution in [0.15, 0.2) is 18.2 Å². The van der Waals surface area contributed by atoms with E-state index in [2.05, 4.69) is 5.32 Å². The lowest BCUT2D eigenvalue weighted by atomic mass is 10.2. The first-order valence-corrected chi connectivity index (χ1v) is 4.63. The molecule has 0 fully saturated rings. The average Bonchev–Trinajstić information content (AvgIpc) is 2.64. The summed E-state index contributed by atoms with van der Waals surface area (Å²) in [5.41, 5.74) is 6.08. The molecule has 0 aliphatic carbocycles. The van der Waals surface area contributed by atoms with Crippen LogP contribution in [0.1, 0.15) is 6.92 Å². The van der Waals surface area contributed by atoms with Gasteiger partial charge in [0.2, 0.25) is 12.7 Å². The quantitative estimate of drug-likeness (QED) is 0.750. The van der Waals surface area contributed by atoms with Crippen LogP contribution in [0.3, 0.4) is 0 Å². The van der Waals surface area contributed by atoms with Crippen molar-refractivity contribution in [1.29, 1.82) is 0 Å². The van der Waals surface area contributed by atoms with Crippen LogP contribution >= 0.6 is 0 Å². The van der Waals surface area contributed by atoms with Crippen molar-refractivity contribution in [3.63, 3.8) is 0 Å². The summed E-state index contributed by atoms with van der Waals surface area (Å²) < 4.78 is 10.3. The van der Waals surface area contributed by atoms with E-state index in [1.54, 1.807) is 25.1 Å². The zero-order valence-electron chi connectivity index (χ0n) is 8.32. The highest BCUT2D eigenvalue weighted by Gasteiger charge is 2.14. The predicted octanol–water partition coefficient (Wildman–Crippen LogP) is 0.701. The van der Waals surface area contributed by atoms with Gasteiger partial charge in [-0.2, -0.15) is 0 Å². The van der Waals surface area contributed by atoms with Crippen molar-refractivity contribution >= 4 is 11.6 Å². The number of hydrogen-bond donors (Lipinski definition) is 2. The number of fused-ring (bicyclic) bond motifs is 1. The Balaban J connectivity index is 2.13. The molecular weight excluding hydrogens is 196 g/mol. The van der Waals surface area contributed by atoms with Crippen molar-refractivity contribution in [3.05, 3.63) is 18.2 Å². The van der Waals surface area contributed by atoms with Crippen molar-refractivity contribution in [3.8, 4) is 11.5 Å². The number of ether oxygens (including phenoxy) is 2. The molecule has 1 amide bonds. The van der Waals surface area contributed by atoms with Gasteiger partial charge in [0.1, 0.15) is 0 Å². The summed E-state index contributed by atoms with van der Waals surface area (Å²) in [6.07, 6.45) is 0. The second-order valence-corrected chi connectivity index (χ2v) is 3.35. The van der Waals surface area contributed by atoms with Gasteiger partial charge < -0.3 is 20.5 Å². The van der Waals surface area contributed by atoms with Gasteiger partial charge in [0.15, 0.2) is 11.5 Å². The van der Waals surface area contributed by atoms with Crippen LogP contribution < -0.4 is 20.5 Å². The summed E-state index contributed by atoms with van der Waals surface area (Å²) in [7, 11) is 0. The lowest BCUT2D eigenvalue weighted by molar-refractivity contribution is -0.117. The third-order valence-electron chi connectivity index (χ3n) is 2.05. The zero-order chi connectivity index (χ0) is 10.8. The standard InChI is InChI=1S/C10H12N2O3/c1-6(11)10(13)12-7-2-3-8-9(4-7)15-5-14-8/h2-4,6H,5,11H2,1H3,(H,12,13)/t6-/m1/s1. The maximum atomic E-state index is 11.3. The molecule has 1 atom stereocenters. The third-order valence-corrected chi connectivity index (χ3v) is 2.05. The first kappa shape index (κ1) is 9.79. The Morgan fingerprint density at radius 1 is 1.47 bits per heavy atom. The van der Waals surface area contributed by atoms with Crippen LogP contribution in [0.5, 0.6) is 11.5 Å². The molecule has 15 heavy (non-hydrogen) atoms. The maximum absolute atomic E-state index is 11.3. The van der Waals surface area contributed by atoms with Crippen molar-refractivity contribution in [2.24, 2.45) is 5.73 Å². The summed E-state index contributed by atoms with van der Waals surface area (Å²) in [5, 5.41) is 2.67. The van der Waals surface area contributed by atoms with E-state index < -0.39 is 6.04 Å². The highest BCUT2D eigenvalue weighted by molar-refractivity contribution is 5.94. The van der Waals surface area contributed by atoms with Crippen molar-refractivity contribution < 1.29 is 14.3 Å². The number of nitrogens with one attached hydrogen (secondary N) is 1. The summed E-state index contributed by atoms with van der Waals surface area (Å²) in [6, 6.07) is 4.67. The summed E-state index contributed by atoms with van der Waals surface area (Å²) in [6.45, 7) is 1.85. The van der Waals surface area contributed by atoms with Crippen LogP contribution in [0.25, 0.3) is 0 Å². The van der Waals surface area contributed by atoms with Crippen molar-refractivity contribution in [2.45, 2.75) is 13.0 Å². The number of amides is 1. The van der Waals surface area contributed by atoms with Gasteiger partial charge in [-0.25, -0.2) is 0 Å². The van der Waals surface area contributed by atoms with Crippen LogP contribution in [0.2, 0.25) is 0 Å². The second-order valence-electron chi connectivity index (χ2n) is 3.35. The molecule has 3 N–H and O–H groups in total. The third kappa shape index (κ3) is 2.02. The summed E-state index contributed by atoms with van der Waals surface area (Å²) in [4.78, 5) is 11.3. The molecule has 0 radical (unpaired) electrons. The molecule has 0 aromatic heterocycles. The van der Waals surface area contributed by atoms with Crippen molar-refractivity contribution in [1.82, 2.24) is 0 Å². The van der Waals surface area contributed by atoms with Crippen LogP contribution in [-0.2, 0) is 4.79 Å². The predicted molar refractivity (Wildman–Crippen MR) is 54.8 cm³/mol. The van der Waals surface area contributed by atoms with E-state index in [0.717, 1.165) is 0 Å². The number of carbonyl (C=O) groups excluding carboxylic acids is 1. The van der Waals surface area contributed by atoms with Gasteiger partial charge in [-0.15, -0.1) is 0 Å². The lowest BCUT2D eigenvalue weighted by Crippen LogP contribution is -2.32. The molecule has 0 unspecified atom stereocenters. The van der Waals surface area contributed by atoms with Gasteiger partial charge >= 0.3 is 0 Å². The van der Waals surface area contributed by atoms with E-state index in [-0.39, 0.29) is 12.7 Å². The van der Waals surface area contributed by atoms with Gasteiger partial charge in [0, 0.05) is 11.8 Å². The molecule has 1 aliphatic rings. The first-order valence-electron chi connectivity index (χ1n) is 4.63. The van der Waals surface area contributed by atoms with E-state index in [0.29, 0.717) is 17.2 Å². The number of rotatable bonds is 2. The fourth-order valence-corrected chi connectivity index (χ4v) is 1.23. The van der Waals surface area contributed by atoms with E-state index in [9.17, 15) is 4.79 Å². The molecule has 1 aliphatic heterocycles. The Kier molecular flexibility index (Phi) is 2.47. The van der Waals surface area contributed by atoms with Gasteiger partial charge in [0.25, 0.3) is 0 Å². The van der Waals surface area contributed by atoms with Gasteiger partial charge in [-0.3, -0.25) is 4.79 Å². The molecular formula is C10H12N2O3. The Morgan fingerprint density at radius 2 is 2.20 bits per heavy atom. The van der Waals surface area contributed by atoms with E-state index in [1.807, 2.05) is 0 Å². The average molecular weight is 208 g/mol. The molecule has 1 heterocycles. The molecule has 0 spiro atoms. The fraction of sp³-hybridized carbons (Fsp3) is 0.300. The van der Waals surface area contributed by atoms with Gasteiger partial charge in [-0.1, -0.05) is 0 Å². The zero-order valence-corrected chi connectivity index (χ0v) is 8.32. The van der Waals surface area contributed by atoms with Gasteiger partial charge in [0.05, 0.1) is 6.04 Å². The topological polar surface area (TPSA) is 73.6 Å². The molecule has 2 rings (SSSR count). The van der Waals surface area contributed by atoms with E-state index in [4.69, 9.17) is 15.2 Å². The fourth-order valence-electron chi connectivity index (χ4n) is 1.23. The minimum atomic E-state index is -0.532. The molecule has 1 aromatic carbocycles. The molecule has 5 heteroatoms. The summed E-state index contributed by atoms with van der Waals surface area (Å²) in [5.74, 6) is 1.10. The minimum absolute atomic E-state index is 0.222. The molecule has 0 saturated heterocycles. The Hall–Kier alpha value is -1.75. The lowest BCUT2D eigenvalue weighted by Gasteiger charge is -2.07. The highest BCUT2D eigenvalue weighted by Crippen LogP contribution is 2.34. The normalized spacial score (nSPS) is 14.8.